The van der Waals surface area contributed by atoms with Crippen LogP contribution in [0, 0.1) is 5.82 Å². The van der Waals surface area contributed by atoms with Crippen LogP contribution >= 0.6 is 12.4 Å². The number of hydrogen-bond donors (Lipinski definition) is 1. The van der Waals surface area contributed by atoms with Gasteiger partial charge in [0.15, 0.2) is 0 Å². The predicted octanol–water partition coefficient (Wildman–Crippen LogP) is 2.05. The smallest absolute Gasteiger partial charge is 0.131 e. The summed E-state index contributed by atoms with van der Waals surface area (Å²) in [7, 11) is 0. The first kappa shape index (κ1) is 15.2. The van der Waals surface area contributed by atoms with Crippen molar-refractivity contribution in [1.82, 2.24) is 10.2 Å². The summed E-state index contributed by atoms with van der Waals surface area (Å²) in [6, 6.07) is 5.03. The first-order valence-electron chi connectivity index (χ1n) is 6.14. The Morgan fingerprint density at radius 1 is 1.33 bits per heavy atom. The van der Waals surface area contributed by atoms with Gasteiger partial charge in [0.05, 0.1) is 6.61 Å². The van der Waals surface area contributed by atoms with Gasteiger partial charge in [-0.3, -0.25) is 4.90 Å². The van der Waals surface area contributed by atoms with Crippen LogP contribution in [0.15, 0.2) is 18.2 Å². The molecule has 0 aromatic heterocycles. The summed E-state index contributed by atoms with van der Waals surface area (Å²) >= 11 is 0. The van der Waals surface area contributed by atoms with Crippen molar-refractivity contribution in [3.05, 3.63) is 29.6 Å². The van der Waals surface area contributed by atoms with Gasteiger partial charge < -0.3 is 10.1 Å². The van der Waals surface area contributed by atoms with Gasteiger partial charge in [-0.2, -0.15) is 0 Å². The van der Waals surface area contributed by atoms with Crippen LogP contribution in [0.3, 0.4) is 0 Å². The van der Waals surface area contributed by atoms with Crippen molar-refractivity contribution in [3.8, 4) is 5.75 Å². The van der Waals surface area contributed by atoms with E-state index >= 15 is 0 Å². The summed E-state index contributed by atoms with van der Waals surface area (Å²) in [6.45, 7) is 6.97. The molecule has 3 nitrogen and oxygen atoms in total. The fourth-order valence-corrected chi connectivity index (χ4v) is 2.08. The largest absolute Gasteiger partial charge is 0.493 e. The van der Waals surface area contributed by atoms with Gasteiger partial charge in [0, 0.05) is 38.3 Å². The van der Waals surface area contributed by atoms with Crippen molar-refractivity contribution in [2.45, 2.75) is 13.5 Å². The van der Waals surface area contributed by atoms with E-state index in [2.05, 4.69) is 10.2 Å². The average Bonchev–Trinajstić information content (AvgIpc) is 2.35. The highest BCUT2D eigenvalue weighted by Crippen LogP contribution is 2.23. The number of rotatable bonds is 4. The molecular formula is C13H20ClFN2O. The van der Waals surface area contributed by atoms with E-state index < -0.39 is 0 Å². The van der Waals surface area contributed by atoms with Crippen molar-refractivity contribution in [1.29, 1.82) is 0 Å². The Kier molecular flexibility index (Phi) is 6.39. The molecule has 0 unspecified atom stereocenters. The minimum absolute atomic E-state index is 0. The van der Waals surface area contributed by atoms with E-state index in [0.717, 1.165) is 26.2 Å². The maximum Gasteiger partial charge on any atom is 0.131 e. The van der Waals surface area contributed by atoms with E-state index in [-0.39, 0.29) is 18.2 Å². The Morgan fingerprint density at radius 3 is 2.72 bits per heavy atom. The van der Waals surface area contributed by atoms with Crippen LogP contribution in [0.4, 0.5) is 4.39 Å². The van der Waals surface area contributed by atoms with Crippen molar-refractivity contribution in [3.63, 3.8) is 0 Å². The molecule has 0 saturated carbocycles. The highest BCUT2D eigenvalue weighted by molar-refractivity contribution is 5.85. The van der Waals surface area contributed by atoms with Crippen LogP contribution in [0.1, 0.15) is 12.5 Å². The normalized spacial score (nSPS) is 16.1. The highest BCUT2D eigenvalue weighted by Gasteiger charge is 2.15. The van der Waals surface area contributed by atoms with Crippen molar-refractivity contribution >= 4 is 12.4 Å². The maximum atomic E-state index is 13.8. The molecule has 0 amide bonds. The molecule has 0 radical (unpaired) electrons. The zero-order chi connectivity index (χ0) is 12.1. The molecule has 1 aromatic rings. The number of hydrogen-bond acceptors (Lipinski definition) is 3. The van der Waals surface area contributed by atoms with Gasteiger partial charge in [0.1, 0.15) is 11.6 Å². The van der Waals surface area contributed by atoms with Crippen LogP contribution in [0.2, 0.25) is 0 Å². The summed E-state index contributed by atoms with van der Waals surface area (Å²) in [4.78, 5) is 2.25. The third-order valence-corrected chi connectivity index (χ3v) is 2.97. The van der Waals surface area contributed by atoms with Crippen molar-refractivity contribution in [2.75, 3.05) is 32.8 Å². The average molecular weight is 275 g/mol. The lowest BCUT2D eigenvalue weighted by atomic mass is 10.1. The van der Waals surface area contributed by atoms with E-state index in [1.165, 1.54) is 6.07 Å². The molecule has 5 heteroatoms. The third kappa shape index (κ3) is 3.83. The molecule has 2 rings (SSSR count). The van der Waals surface area contributed by atoms with Gasteiger partial charge in [-0.05, 0) is 19.1 Å². The zero-order valence-corrected chi connectivity index (χ0v) is 11.4. The number of piperazine rings is 1. The summed E-state index contributed by atoms with van der Waals surface area (Å²) in [5, 5.41) is 3.29. The Hall–Kier alpha value is -0.840. The molecule has 0 spiro atoms. The van der Waals surface area contributed by atoms with Crippen molar-refractivity contribution in [2.24, 2.45) is 0 Å². The topological polar surface area (TPSA) is 24.5 Å². The van der Waals surface area contributed by atoms with Gasteiger partial charge in [0.25, 0.3) is 0 Å². The minimum atomic E-state index is -0.172. The monoisotopic (exact) mass is 274 g/mol. The molecule has 1 saturated heterocycles. The van der Waals surface area contributed by atoms with Crippen LogP contribution in [-0.2, 0) is 6.54 Å². The van der Waals surface area contributed by atoms with Crippen molar-refractivity contribution < 1.29 is 9.13 Å². The molecule has 18 heavy (non-hydrogen) atoms. The predicted molar refractivity (Wildman–Crippen MR) is 73.0 cm³/mol. The van der Waals surface area contributed by atoms with Gasteiger partial charge in [-0.25, -0.2) is 4.39 Å². The number of halogens is 2. The van der Waals surface area contributed by atoms with E-state index in [0.29, 0.717) is 24.5 Å². The third-order valence-electron chi connectivity index (χ3n) is 2.97. The lowest BCUT2D eigenvalue weighted by molar-refractivity contribution is 0.225. The summed E-state index contributed by atoms with van der Waals surface area (Å²) in [5.41, 5.74) is 0.677. The summed E-state index contributed by atoms with van der Waals surface area (Å²) < 4.78 is 19.3. The molecule has 1 aliphatic heterocycles. The summed E-state index contributed by atoms with van der Waals surface area (Å²) in [6.07, 6.45) is 0. The molecule has 1 N–H and O–H groups in total. The van der Waals surface area contributed by atoms with Gasteiger partial charge >= 0.3 is 0 Å². The highest BCUT2D eigenvalue weighted by atomic mass is 35.5. The zero-order valence-electron chi connectivity index (χ0n) is 10.6. The maximum absolute atomic E-state index is 13.8. The first-order valence-corrected chi connectivity index (χ1v) is 6.14. The quantitative estimate of drug-likeness (QED) is 0.910. The van der Waals surface area contributed by atoms with Crippen LogP contribution in [0.5, 0.6) is 5.75 Å². The second-order valence-electron chi connectivity index (χ2n) is 4.18. The lowest BCUT2D eigenvalue weighted by Gasteiger charge is -2.27. The molecule has 1 fully saturated rings. The Labute approximate surface area is 114 Å². The fraction of sp³-hybridized carbons (Fsp3) is 0.538. The van der Waals surface area contributed by atoms with Crippen LogP contribution < -0.4 is 10.1 Å². The molecule has 1 heterocycles. The number of ether oxygens (including phenoxy) is 1. The van der Waals surface area contributed by atoms with E-state index in [1.54, 1.807) is 6.07 Å². The molecule has 102 valence electrons. The molecule has 1 aromatic carbocycles. The number of benzene rings is 1. The second kappa shape index (κ2) is 7.56. The van der Waals surface area contributed by atoms with Gasteiger partial charge in [0.2, 0.25) is 0 Å². The van der Waals surface area contributed by atoms with Crippen LogP contribution in [-0.4, -0.2) is 37.7 Å². The fourth-order valence-electron chi connectivity index (χ4n) is 2.08. The Bertz CT molecular complexity index is 370. The minimum Gasteiger partial charge on any atom is -0.493 e. The molecule has 0 atom stereocenters. The van der Waals surface area contributed by atoms with E-state index in [1.807, 2.05) is 13.0 Å². The van der Waals surface area contributed by atoms with E-state index in [9.17, 15) is 4.39 Å². The first-order chi connectivity index (χ1) is 8.31. The number of nitrogens with one attached hydrogen (secondary N) is 1. The molecule has 1 aliphatic rings. The van der Waals surface area contributed by atoms with Crippen LogP contribution in [0.25, 0.3) is 0 Å². The van der Waals surface area contributed by atoms with E-state index in [4.69, 9.17) is 4.74 Å². The molecule has 0 aliphatic carbocycles. The Morgan fingerprint density at radius 2 is 2.06 bits per heavy atom. The lowest BCUT2D eigenvalue weighted by Crippen LogP contribution is -2.43. The Balaban J connectivity index is 0.00000162. The molecular weight excluding hydrogens is 255 g/mol. The number of nitrogens with zero attached hydrogens (tertiary/aromatic N) is 1. The second-order valence-corrected chi connectivity index (χ2v) is 4.18. The molecule has 0 bridgehead atoms. The summed E-state index contributed by atoms with van der Waals surface area (Å²) in [5.74, 6) is 0.500. The SMILES string of the molecule is CCOc1cccc(F)c1CN1CCNCC1.Cl. The van der Waals surface area contributed by atoms with Gasteiger partial charge in [-0.1, -0.05) is 6.07 Å². The standard InChI is InChI=1S/C13H19FN2O.ClH/c1-2-17-13-5-3-4-12(14)11(13)10-16-8-6-15-7-9-16;/h3-5,15H,2,6-10H2,1H3;1H. The van der Waals surface area contributed by atoms with Gasteiger partial charge in [-0.15, -0.1) is 12.4 Å².